The molecule has 0 spiro atoms. The average molecular weight is 365 g/mol. The maximum absolute atomic E-state index is 12.6. The van der Waals surface area contributed by atoms with Crippen molar-refractivity contribution in [3.63, 3.8) is 0 Å². The van der Waals surface area contributed by atoms with Crippen molar-refractivity contribution in [2.24, 2.45) is 0 Å². The maximum atomic E-state index is 12.6. The highest BCUT2D eigenvalue weighted by molar-refractivity contribution is 6.05. The zero-order valence-electron chi connectivity index (χ0n) is 15.0. The van der Waals surface area contributed by atoms with Crippen LogP contribution in [0.25, 0.3) is 5.69 Å². The van der Waals surface area contributed by atoms with E-state index in [1.165, 1.54) is 7.11 Å². The Morgan fingerprint density at radius 1 is 1.07 bits per heavy atom. The SMILES string of the molecule is CCOC(=O)c1ccc(NC(=O)c2nn(-c3ccccc3)cc2OC)cc1. The van der Waals surface area contributed by atoms with Crippen molar-refractivity contribution in [1.82, 2.24) is 9.78 Å². The molecule has 7 nitrogen and oxygen atoms in total. The number of amides is 1. The van der Waals surface area contributed by atoms with Gasteiger partial charge >= 0.3 is 5.97 Å². The molecule has 0 fully saturated rings. The molecular weight excluding hydrogens is 346 g/mol. The van der Waals surface area contributed by atoms with E-state index in [1.54, 1.807) is 42.1 Å². The Labute approximate surface area is 156 Å². The van der Waals surface area contributed by atoms with Gasteiger partial charge in [-0.1, -0.05) is 18.2 Å². The molecule has 0 saturated carbocycles. The highest BCUT2D eigenvalue weighted by atomic mass is 16.5. The fraction of sp³-hybridized carbons (Fsp3) is 0.150. The lowest BCUT2D eigenvalue weighted by Gasteiger charge is -2.06. The molecule has 27 heavy (non-hydrogen) atoms. The number of benzene rings is 2. The lowest BCUT2D eigenvalue weighted by atomic mass is 10.2. The summed E-state index contributed by atoms with van der Waals surface area (Å²) in [6.45, 7) is 2.05. The molecule has 0 aliphatic carbocycles. The van der Waals surface area contributed by atoms with Crippen LogP contribution in [0.2, 0.25) is 0 Å². The smallest absolute Gasteiger partial charge is 0.338 e. The second-order valence-electron chi connectivity index (χ2n) is 5.58. The molecule has 0 aliphatic heterocycles. The van der Waals surface area contributed by atoms with Gasteiger partial charge in [0.15, 0.2) is 11.4 Å². The number of esters is 1. The summed E-state index contributed by atoms with van der Waals surface area (Å²) in [7, 11) is 1.48. The van der Waals surface area contributed by atoms with Crippen LogP contribution in [0.4, 0.5) is 5.69 Å². The monoisotopic (exact) mass is 365 g/mol. The van der Waals surface area contributed by atoms with Crippen LogP contribution in [0.3, 0.4) is 0 Å². The Morgan fingerprint density at radius 2 is 1.78 bits per heavy atom. The first-order valence-corrected chi connectivity index (χ1v) is 8.40. The average Bonchev–Trinajstić information content (AvgIpc) is 3.14. The standard InChI is InChI=1S/C20H19N3O4/c1-3-27-20(25)14-9-11-15(12-10-14)21-19(24)18-17(26-2)13-23(22-18)16-7-5-4-6-8-16/h4-13H,3H2,1-2H3,(H,21,24). The van der Waals surface area contributed by atoms with E-state index in [1.807, 2.05) is 30.3 Å². The number of anilines is 1. The molecule has 3 rings (SSSR count). The molecule has 3 aromatic rings. The summed E-state index contributed by atoms with van der Waals surface area (Å²) in [5, 5.41) is 7.07. The highest BCUT2D eigenvalue weighted by Gasteiger charge is 2.18. The molecule has 1 N–H and O–H groups in total. The van der Waals surface area contributed by atoms with E-state index >= 15 is 0 Å². The third kappa shape index (κ3) is 4.14. The normalized spacial score (nSPS) is 10.3. The molecule has 0 bridgehead atoms. The maximum Gasteiger partial charge on any atom is 0.338 e. The Kier molecular flexibility index (Phi) is 5.51. The zero-order valence-corrected chi connectivity index (χ0v) is 15.0. The van der Waals surface area contributed by atoms with Crippen LogP contribution < -0.4 is 10.1 Å². The number of ether oxygens (including phenoxy) is 2. The highest BCUT2D eigenvalue weighted by Crippen LogP contribution is 2.21. The molecule has 2 aromatic carbocycles. The fourth-order valence-electron chi connectivity index (χ4n) is 2.47. The number of nitrogens with zero attached hydrogens (tertiary/aromatic N) is 2. The van der Waals surface area contributed by atoms with Crippen molar-refractivity contribution in [1.29, 1.82) is 0 Å². The summed E-state index contributed by atoms with van der Waals surface area (Å²) >= 11 is 0. The zero-order chi connectivity index (χ0) is 19.2. The van der Waals surface area contributed by atoms with E-state index in [4.69, 9.17) is 9.47 Å². The lowest BCUT2D eigenvalue weighted by molar-refractivity contribution is 0.0526. The van der Waals surface area contributed by atoms with Crippen molar-refractivity contribution >= 4 is 17.6 Å². The molecule has 0 unspecified atom stereocenters. The molecule has 1 heterocycles. The molecule has 138 valence electrons. The minimum absolute atomic E-state index is 0.163. The van der Waals surface area contributed by atoms with E-state index in [2.05, 4.69) is 10.4 Å². The van der Waals surface area contributed by atoms with Gasteiger partial charge in [-0.3, -0.25) is 4.79 Å². The predicted molar refractivity (Wildman–Crippen MR) is 100 cm³/mol. The number of aromatic nitrogens is 2. The van der Waals surface area contributed by atoms with Gasteiger partial charge in [0, 0.05) is 5.69 Å². The number of carbonyl (C=O) groups excluding carboxylic acids is 2. The Morgan fingerprint density at radius 3 is 2.41 bits per heavy atom. The molecule has 0 saturated heterocycles. The Balaban J connectivity index is 1.78. The van der Waals surface area contributed by atoms with Gasteiger partial charge in [0.1, 0.15) is 0 Å². The molecule has 1 amide bonds. The van der Waals surface area contributed by atoms with Crippen LogP contribution in [0.15, 0.2) is 60.8 Å². The van der Waals surface area contributed by atoms with Crippen LogP contribution in [0.1, 0.15) is 27.8 Å². The van der Waals surface area contributed by atoms with Crippen LogP contribution >= 0.6 is 0 Å². The number of methoxy groups -OCH3 is 1. The molecule has 0 radical (unpaired) electrons. The number of hydrogen-bond acceptors (Lipinski definition) is 5. The van der Waals surface area contributed by atoms with Crippen molar-refractivity contribution in [3.8, 4) is 11.4 Å². The van der Waals surface area contributed by atoms with E-state index in [-0.39, 0.29) is 5.69 Å². The molecule has 7 heteroatoms. The summed E-state index contributed by atoms with van der Waals surface area (Å²) in [5.74, 6) is -0.455. The minimum atomic E-state index is -0.412. The number of para-hydroxylation sites is 1. The van der Waals surface area contributed by atoms with Crippen molar-refractivity contribution in [2.45, 2.75) is 6.92 Å². The number of rotatable bonds is 6. The van der Waals surface area contributed by atoms with Gasteiger partial charge in [0.2, 0.25) is 0 Å². The Hall–Kier alpha value is -3.61. The van der Waals surface area contributed by atoms with E-state index in [0.717, 1.165) is 5.69 Å². The van der Waals surface area contributed by atoms with Crippen molar-refractivity contribution in [2.75, 3.05) is 19.0 Å². The van der Waals surface area contributed by atoms with E-state index < -0.39 is 11.9 Å². The lowest BCUT2D eigenvalue weighted by Crippen LogP contribution is -2.14. The van der Waals surface area contributed by atoms with Crippen LogP contribution in [-0.2, 0) is 4.74 Å². The second kappa shape index (κ2) is 8.18. The van der Waals surface area contributed by atoms with Gasteiger partial charge in [-0.2, -0.15) is 5.10 Å². The van der Waals surface area contributed by atoms with Crippen LogP contribution in [0.5, 0.6) is 5.75 Å². The first-order chi connectivity index (χ1) is 13.1. The largest absolute Gasteiger partial charge is 0.493 e. The second-order valence-corrected chi connectivity index (χ2v) is 5.58. The number of hydrogen-bond donors (Lipinski definition) is 1. The van der Waals surface area contributed by atoms with Gasteiger partial charge in [0.25, 0.3) is 5.91 Å². The van der Waals surface area contributed by atoms with Gasteiger partial charge in [0.05, 0.1) is 31.2 Å². The fourth-order valence-corrected chi connectivity index (χ4v) is 2.47. The van der Waals surface area contributed by atoms with E-state index in [0.29, 0.717) is 23.6 Å². The molecule has 1 aromatic heterocycles. The van der Waals surface area contributed by atoms with Gasteiger partial charge in [-0.15, -0.1) is 0 Å². The third-order valence-electron chi connectivity index (χ3n) is 3.79. The number of nitrogens with one attached hydrogen (secondary N) is 1. The Bertz CT molecular complexity index is 934. The molecule has 0 aliphatic rings. The topological polar surface area (TPSA) is 82.5 Å². The predicted octanol–water partition coefficient (Wildman–Crippen LogP) is 3.31. The van der Waals surface area contributed by atoms with Crippen molar-refractivity contribution < 1.29 is 19.1 Å². The summed E-state index contributed by atoms with van der Waals surface area (Å²) < 4.78 is 11.8. The molecule has 0 atom stereocenters. The summed E-state index contributed by atoms with van der Waals surface area (Å²) in [6, 6.07) is 15.9. The minimum Gasteiger partial charge on any atom is -0.493 e. The van der Waals surface area contributed by atoms with Crippen LogP contribution in [0, 0.1) is 0 Å². The first-order valence-electron chi connectivity index (χ1n) is 8.40. The van der Waals surface area contributed by atoms with E-state index in [9.17, 15) is 9.59 Å². The third-order valence-corrected chi connectivity index (χ3v) is 3.79. The molecular formula is C20H19N3O4. The summed E-state index contributed by atoms with van der Waals surface area (Å²) in [4.78, 5) is 24.3. The summed E-state index contributed by atoms with van der Waals surface area (Å²) in [6.07, 6.45) is 1.65. The van der Waals surface area contributed by atoms with Gasteiger partial charge < -0.3 is 14.8 Å². The van der Waals surface area contributed by atoms with Crippen molar-refractivity contribution in [3.05, 3.63) is 72.1 Å². The van der Waals surface area contributed by atoms with Crippen LogP contribution in [-0.4, -0.2) is 35.4 Å². The van der Waals surface area contributed by atoms with Gasteiger partial charge in [-0.25, -0.2) is 9.48 Å². The van der Waals surface area contributed by atoms with Gasteiger partial charge in [-0.05, 0) is 43.3 Å². The quantitative estimate of drug-likeness (QED) is 0.678. The summed E-state index contributed by atoms with van der Waals surface area (Å²) in [5.41, 5.74) is 1.93. The number of carbonyl (C=O) groups is 2. The first kappa shape index (κ1) is 18.2.